The number of rotatable bonds is 3. The van der Waals surface area contributed by atoms with E-state index in [9.17, 15) is 0 Å². The SMILES string of the molecule is Cc1[nH]c2ccc(Cl)cc2c1CCN(C)C. The molecule has 1 aromatic heterocycles. The van der Waals surface area contributed by atoms with Crippen LogP contribution in [0.15, 0.2) is 18.2 Å². The van der Waals surface area contributed by atoms with Gasteiger partial charge in [0.2, 0.25) is 0 Å². The van der Waals surface area contributed by atoms with E-state index < -0.39 is 0 Å². The van der Waals surface area contributed by atoms with Gasteiger partial charge in [-0.15, -0.1) is 0 Å². The minimum atomic E-state index is 0.803. The number of aromatic nitrogens is 1. The van der Waals surface area contributed by atoms with Gasteiger partial charge in [-0.05, 0) is 51.2 Å². The zero-order valence-electron chi connectivity index (χ0n) is 9.97. The van der Waals surface area contributed by atoms with Crippen molar-refractivity contribution < 1.29 is 0 Å². The van der Waals surface area contributed by atoms with Crippen LogP contribution in [0.1, 0.15) is 11.3 Å². The molecule has 0 aliphatic heterocycles. The van der Waals surface area contributed by atoms with Gasteiger partial charge >= 0.3 is 0 Å². The fourth-order valence-electron chi connectivity index (χ4n) is 2.01. The van der Waals surface area contributed by atoms with E-state index in [4.69, 9.17) is 11.6 Å². The maximum atomic E-state index is 6.04. The van der Waals surface area contributed by atoms with Crippen molar-refractivity contribution in [3.63, 3.8) is 0 Å². The van der Waals surface area contributed by atoms with Gasteiger partial charge in [-0.2, -0.15) is 0 Å². The van der Waals surface area contributed by atoms with Crippen LogP contribution in [-0.2, 0) is 6.42 Å². The van der Waals surface area contributed by atoms with Crippen LogP contribution in [0, 0.1) is 6.92 Å². The van der Waals surface area contributed by atoms with Crippen LogP contribution in [0.2, 0.25) is 5.02 Å². The van der Waals surface area contributed by atoms with E-state index in [1.807, 2.05) is 18.2 Å². The van der Waals surface area contributed by atoms with E-state index in [1.165, 1.54) is 22.2 Å². The molecule has 0 unspecified atom stereocenters. The van der Waals surface area contributed by atoms with Gasteiger partial charge < -0.3 is 9.88 Å². The molecule has 0 bridgehead atoms. The zero-order valence-corrected chi connectivity index (χ0v) is 10.7. The van der Waals surface area contributed by atoms with E-state index in [2.05, 4.69) is 30.9 Å². The molecule has 0 saturated carbocycles. The van der Waals surface area contributed by atoms with Crippen LogP contribution in [0.5, 0.6) is 0 Å². The van der Waals surface area contributed by atoms with Crippen molar-refractivity contribution in [2.24, 2.45) is 0 Å². The van der Waals surface area contributed by atoms with Gasteiger partial charge in [-0.3, -0.25) is 0 Å². The predicted octanol–water partition coefficient (Wildman–Crippen LogP) is 3.23. The second kappa shape index (κ2) is 4.48. The van der Waals surface area contributed by atoms with Gasteiger partial charge in [0.05, 0.1) is 0 Å². The van der Waals surface area contributed by atoms with Crippen LogP contribution in [0.25, 0.3) is 10.9 Å². The molecule has 1 N–H and O–H groups in total. The molecule has 2 nitrogen and oxygen atoms in total. The van der Waals surface area contributed by atoms with Gasteiger partial charge in [0.25, 0.3) is 0 Å². The first-order chi connectivity index (χ1) is 7.58. The largest absolute Gasteiger partial charge is 0.358 e. The lowest BCUT2D eigenvalue weighted by molar-refractivity contribution is 0.414. The third kappa shape index (κ3) is 2.23. The minimum absolute atomic E-state index is 0.803. The summed E-state index contributed by atoms with van der Waals surface area (Å²) < 4.78 is 0. The molecule has 0 saturated heterocycles. The molecule has 0 radical (unpaired) electrons. The first-order valence-corrected chi connectivity index (χ1v) is 5.87. The number of H-pyrrole nitrogens is 1. The Hall–Kier alpha value is -0.990. The highest BCUT2D eigenvalue weighted by molar-refractivity contribution is 6.31. The molecule has 0 aliphatic carbocycles. The molecular weight excluding hydrogens is 220 g/mol. The third-order valence-electron chi connectivity index (χ3n) is 2.89. The Morgan fingerprint density at radius 1 is 1.31 bits per heavy atom. The number of fused-ring (bicyclic) bond motifs is 1. The standard InChI is InChI=1S/C13H17ClN2/c1-9-11(6-7-16(2)3)12-8-10(14)4-5-13(12)15-9/h4-5,8,15H,6-7H2,1-3H3. The number of nitrogens with one attached hydrogen (secondary N) is 1. The monoisotopic (exact) mass is 236 g/mol. The Labute approximate surface area is 101 Å². The number of likely N-dealkylation sites (N-methyl/N-ethyl adjacent to an activating group) is 1. The summed E-state index contributed by atoms with van der Waals surface area (Å²) in [7, 11) is 4.19. The average molecular weight is 237 g/mol. The van der Waals surface area contributed by atoms with Gasteiger partial charge in [-0.25, -0.2) is 0 Å². The Kier molecular flexibility index (Phi) is 3.22. The highest BCUT2D eigenvalue weighted by Crippen LogP contribution is 2.25. The Morgan fingerprint density at radius 2 is 2.06 bits per heavy atom. The molecule has 86 valence electrons. The molecule has 16 heavy (non-hydrogen) atoms. The predicted molar refractivity (Wildman–Crippen MR) is 70.3 cm³/mol. The van der Waals surface area contributed by atoms with E-state index in [1.54, 1.807) is 0 Å². The summed E-state index contributed by atoms with van der Waals surface area (Å²) in [6.45, 7) is 3.18. The number of hydrogen-bond acceptors (Lipinski definition) is 1. The van der Waals surface area contributed by atoms with Gasteiger partial charge in [-0.1, -0.05) is 11.6 Å². The summed E-state index contributed by atoms with van der Waals surface area (Å²) in [4.78, 5) is 5.60. The summed E-state index contributed by atoms with van der Waals surface area (Å²) in [6, 6.07) is 6.02. The van der Waals surface area contributed by atoms with E-state index in [0.717, 1.165) is 18.0 Å². The molecular formula is C13H17ClN2. The van der Waals surface area contributed by atoms with Gasteiger partial charge in [0.15, 0.2) is 0 Å². The second-order valence-electron chi connectivity index (χ2n) is 4.47. The Balaban J connectivity index is 2.42. The first kappa shape index (κ1) is 11.5. The number of nitrogens with zero attached hydrogens (tertiary/aromatic N) is 1. The van der Waals surface area contributed by atoms with E-state index in [0.29, 0.717) is 0 Å². The van der Waals surface area contributed by atoms with Crippen LogP contribution >= 0.6 is 11.6 Å². The zero-order chi connectivity index (χ0) is 11.7. The lowest BCUT2D eigenvalue weighted by Gasteiger charge is -2.09. The fraction of sp³-hybridized carbons (Fsp3) is 0.385. The number of hydrogen-bond donors (Lipinski definition) is 1. The number of aromatic amines is 1. The summed E-state index contributed by atoms with van der Waals surface area (Å²) in [5.74, 6) is 0. The Bertz CT molecular complexity index is 500. The third-order valence-corrected chi connectivity index (χ3v) is 3.13. The fourth-order valence-corrected chi connectivity index (χ4v) is 2.18. The highest BCUT2D eigenvalue weighted by atomic mass is 35.5. The second-order valence-corrected chi connectivity index (χ2v) is 4.91. The molecule has 0 spiro atoms. The van der Waals surface area contributed by atoms with Crippen molar-refractivity contribution in [3.05, 3.63) is 34.5 Å². The molecule has 2 rings (SSSR count). The van der Waals surface area contributed by atoms with Crippen molar-refractivity contribution in [3.8, 4) is 0 Å². The molecule has 1 aromatic carbocycles. The van der Waals surface area contributed by atoms with Crippen molar-refractivity contribution in [1.29, 1.82) is 0 Å². The van der Waals surface area contributed by atoms with Crippen LogP contribution in [0.3, 0.4) is 0 Å². The highest BCUT2D eigenvalue weighted by Gasteiger charge is 2.08. The molecule has 0 amide bonds. The number of halogens is 1. The van der Waals surface area contributed by atoms with Gasteiger partial charge in [0.1, 0.15) is 0 Å². The lowest BCUT2D eigenvalue weighted by atomic mass is 10.1. The van der Waals surface area contributed by atoms with E-state index in [-0.39, 0.29) is 0 Å². The van der Waals surface area contributed by atoms with Crippen molar-refractivity contribution in [2.75, 3.05) is 20.6 Å². The Morgan fingerprint density at radius 3 is 2.75 bits per heavy atom. The van der Waals surface area contributed by atoms with Crippen LogP contribution in [-0.4, -0.2) is 30.5 Å². The summed E-state index contributed by atoms with van der Waals surface area (Å²) in [5, 5.41) is 2.06. The smallest absolute Gasteiger partial charge is 0.0459 e. The maximum absolute atomic E-state index is 6.04. The average Bonchev–Trinajstić information content (AvgIpc) is 2.51. The maximum Gasteiger partial charge on any atom is 0.0459 e. The molecule has 3 heteroatoms. The normalized spacial score (nSPS) is 11.6. The van der Waals surface area contributed by atoms with Crippen molar-refractivity contribution in [1.82, 2.24) is 9.88 Å². The number of aryl methyl sites for hydroxylation is 1. The van der Waals surface area contributed by atoms with Gasteiger partial charge in [0, 0.05) is 28.2 Å². The number of benzene rings is 1. The molecule has 2 aromatic rings. The molecule has 0 atom stereocenters. The molecule has 0 aliphatic rings. The lowest BCUT2D eigenvalue weighted by Crippen LogP contribution is -2.15. The van der Waals surface area contributed by atoms with Crippen LogP contribution in [0.4, 0.5) is 0 Å². The topological polar surface area (TPSA) is 19.0 Å². The first-order valence-electron chi connectivity index (χ1n) is 5.49. The van der Waals surface area contributed by atoms with Crippen molar-refractivity contribution in [2.45, 2.75) is 13.3 Å². The quantitative estimate of drug-likeness (QED) is 0.867. The molecule has 0 fully saturated rings. The minimum Gasteiger partial charge on any atom is -0.358 e. The summed E-state index contributed by atoms with van der Waals surface area (Å²) >= 11 is 6.04. The molecule has 1 heterocycles. The van der Waals surface area contributed by atoms with Crippen LogP contribution < -0.4 is 0 Å². The van der Waals surface area contributed by atoms with E-state index >= 15 is 0 Å². The summed E-state index contributed by atoms with van der Waals surface area (Å²) in [6.07, 6.45) is 1.05. The van der Waals surface area contributed by atoms with Crippen molar-refractivity contribution >= 4 is 22.5 Å². The summed E-state index contributed by atoms with van der Waals surface area (Å²) in [5.41, 5.74) is 3.81.